The number of nitrogens with one attached hydrogen (secondary N) is 13. The van der Waals surface area contributed by atoms with Crippen molar-refractivity contribution in [3.05, 3.63) is 48.0 Å². The lowest BCUT2D eigenvalue weighted by Gasteiger charge is -2.31. The number of fused-ring (bicyclic) bond motifs is 6. The third kappa shape index (κ3) is 23.8. The Balaban J connectivity index is 1.41. The molecule has 0 aliphatic carbocycles. The second-order valence-corrected chi connectivity index (χ2v) is 28.9. The highest BCUT2D eigenvalue weighted by Crippen LogP contribution is 2.27. The molecule has 0 spiro atoms. The summed E-state index contributed by atoms with van der Waals surface area (Å²) < 4.78 is 0. The van der Waals surface area contributed by atoms with Crippen LogP contribution in [0.2, 0.25) is 0 Å². The van der Waals surface area contributed by atoms with Crippen LogP contribution in [0.5, 0.6) is 5.75 Å². The number of aromatic amines is 1. The lowest BCUT2D eigenvalue weighted by molar-refractivity contribution is -0.146. The molecule has 5 heterocycles. The maximum Gasteiger partial charge on any atom is 0.327 e. The van der Waals surface area contributed by atoms with E-state index in [4.69, 9.17) is 5.73 Å². The molecule has 0 unspecified atom stereocenters. The molecule has 1 aromatic carbocycles. The summed E-state index contributed by atoms with van der Waals surface area (Å²) >= 11 is 0. The van der Waals surface area contributed by atoms with E-state index in [2.05, 4.69) is 73.8 Å². The van der Waals surface area contributed by atoms with E-state index in [1.54, 1.807) is 27.7 Å². The van der Waals surface area contributed by atoms with E-state index in [9.17, 15) is 82.4 Å². The number of imidazole rings is 1. The lowest BCUT2D eigenvalue weighted by atomic mass is 10.0. The number of aliphatic carboxylic acids is 1. The quantitative estimate of drug-likeness (QED) is 0.0494. The van der Waals surface area contributed by atoms with Gasteiger partial charge in [-0.2, -0.15) is 0 Å². The molecule has 0 radical (unpaired) electrons. The molecule has 0 saturated carbocycles. The number of H-pyrrole nitrogens is 1. The second kappa shape index (κ2) is 37.4. The first-order valence-electron chi connectivity index (χ1n) is 30.9. The van der Waals surface area contributed by atoms with E-state index < -0.39 is 180 Å². The van der Waals surface area contributed by atoms with Crippen molar-refractivity contribution < 1.29 is 82.4 Å². The van der Waals surface area contributed by atoms with Crippen LogP contribution < -0.4 is 69.5 Å². The maximum atomic E-state index is 15.0. The van der Waals surface area contributed by atoms with Gasteiger partial charge in [-0.1, -0.05) is 83.0 Å². The van der Waals surface area contributed by atoms with Crippen LogP contribution in [0.15, 0.2) is 36.8 Å². The number of carboxylic acid groups (broad SMARTS) is 1. The van der Waals surface area contributed by atoms with Crippen molar-refractivity contribution in [3.8, 4) is 5.75 Å². The van der Waals surface area contributed by atoms with Crippen molar-refractivity contribution in [1.82, 2.24) is 78.7 Å². The molecule has 13 amide bonds. The first-order chi connectivity index (χ1) is 45.2. The maximum absolute atomic E-state index is 15.0. The SMILES string of the molecule is CC(C)C[C@@H]1NC(=O)[C@H](CCCCN)NC(=O)[C@H](Cc2ccc(O)cc2)NC(=O)CNC(=O)[C@H]2CSSC[C@@H](NC1=O)C(=O)N[C@@H](Cc1cnc[nH]1)C(=O)N1CC[C@H](O)[C@H]1C(=O)N[C@@H](C(=O)O)CSSC[C@@H](NC(=O)[C@@H](NC(=O)CNC(=O)[C@@H]1CCC(=O)N1)C(C)C)C(=O)N2. The number of aromatic hydroxyl groups is 1. The fraction of sp³-hybridized carbons (Fsp3) is 0.603. The molecule has 18 N–H and O–H groups in total. The van der Waals surface area contributed by atoms with Crippen molar-refractivity contribution in [2.75, 3.05) is 49.2 Å². The second-order valence-electron chi connectivity index (χ2n) is 23.8. The monoisotopic (exact) mass is 1400 g/mol. The molecule has 37 heteroatoms. The summed E-state index contributed by atoms with van der Waals surface area (Å²) in [6.07, 6.45) is 1.53. The number of carbonyl (C=O) groups excluding carboxylic acids is 13. The van der Waals surface area contributed by atoms with E-state index in [1.165, 1.54) is 36.8 Å². The summed E-state index contributed by atoms with van der Waals surface area (Å²) in [7, 11) is 3.48. The minimum Gasteiger partial charge on any atom is -0.508 e. The average molecular weight is 1410 g/mol. The number of phenolic OH excluding ortho intramolecular Hbond substituents is 1. The van der Waals surface area contributed by atoms with Gasteiger partial charge in [0.1, 0.15) is 72.2 Å². The van der Waals surface area contributed by atoms with Crippen molar-refractivity contribution in [2.24, 2.45) is 17.6 Å². The lowest BCUT2D eigenvalue weighted by Crippen LogP contribution is -2.61. The van der Waals surface area contributed by atoms with Crippen LogP contribution in [0.3, 0.4) is 0 Å². The molecule has 4 fully saturated rings. The Morgan fingerprint density at radius 1 is 0.684 bits per heavy atom. The number of amides is 13. The number of hydrogen-bond acceptors (Lipinski definition) is 22. The van der Waals surface area contributed by atoms with E-state index in [0.717, 1.165) is 48.1 Å². The number of nitrogens with two attached hydrogens (primary N) is 1. The van der Waals surface area contributed by atoms with Gasteiger partial charge in [0.15, 0.2) is 0 Å². The van der Waals surface area contributed by atoms with Gasteiger partial charge in [0, 0.05) is 60.7 Å². The van der Waals surface area contributed by atoms with Gasteiger partial charge in [-0.3, -0.25) is 62.3 Å². The predicted molar refractivity (Wildman–Crippen MR) is 349 cm³/mol. The minimum atomic E-state index is -1.71. The van der Waals surface area contributed by atoms with Gasteiger partial charge < -0.3 is 94.7 Å². The summed E-state index contributed by atoms with van der Waals surface area (Å²) in [4.78, 5) is 204. The van der Waals surface area contributed by atoms with Crippen LogP contribution in [0.4, 0.5) is 0 Å². The fourth-order valence-corrected chi connectivity index (χ4v) is 15.0. The Labute approximate surface area is 562 Å². The molecule has 12 atom stereocenters. The molecule has 4 saturated heterocycles. The highest BCUT2D eigenvalue weighted by atomic mass is 33.1. The van der Waals surface area contributed by atoms with Gasteiger partial charge in [-0.25, -0.2) is 9.78 Å². The van der Waals surface area contributed by atoms with Crippen LogP contribution in [0.25, 0.3) is 0 Å². The smallest absolute Gasteiger partial charge is 0.327 e. The molecular formula is C58H84N16O17S4. The molecule has 6 rings (SSSR count). The first-order valence-corrected chi connectivity index (χ1v) is 35.9. The molecule has 4 aliphatic rings. The molecule has 2 aromatic rings. The zero-order valence-electron chi connectivity index (χ0n) is 52.7. The molecular weight excluding hydrogens is 1320 g/mol. The van der Waals surface area contributed by atoms with Crippen LogP contribution in [0, 0.1) is 11.8 Å². The minimum absolute atomic E-state index is 0.00288. The zero-order chi connectivity index (χ0) is 69.5. The van der Waals surface area contributed by atoms with Gasteiger partial charge in [-0.15, -0.1) is 0 Å². The first kappa shape index (κ1) is 76.2. The number of nitrogens with zero attached hydrogens (tertiary/aromatic N) is 2. The van der Waals surface area contributed by atoms with Crippen molar-refractivity contribution in [1.29, 1.82) is 0 Å². The standard InChI is InChI=1S/C58H84N16O17S4/c1-28(2)17-35-51(83)70-39-24-93-92-23-38(49(81)62-21-44(78)65-36(18-30-8-10-32(75)11-9-30)52(84)66-33(50(82)67-35)7-5-6-15-59)69-54(86)40(71-55(87)46(29(3)4)73-45(79)22-61-48(80)34-12-13-43(77)64-34)25-94-95-26-41(58(90)91)72-56(88)47-42(76)14-16-74(47)57(89)37(68-53(39)85)19-31-20-60-27-63-31/h8-11,20,27-29,33-42,46-47,75-76H,5-7,12-19,21-26,59H2,1-4H3,(H,60,63)(H,61,80)(H,62,81)(H,64,77)(H,65,78)(H,66,84)(H,67,82)(H,68,85)(H,69,86)(H,70,83)(H,71,87)(H,72,88)(H,73,79)(H,90,91)/t33-,34-,35-,36-,37-,38+,39+,40+,41+,42-,46-,47-/m0/s1. The Kier molecular flexibility index (Phi) is 30.0. The Bertz CT molecular complexity index is 3080. The van der Waals surface area contributed by atoms with E-state index >= 15 is 0 Å². The fourth-order valence-electron chi connectivity index (χ4n) is 10.4. The highest BCUT2D eigenvalue weighted by molar-refractivity contribution is 8.77. The van der Waals surface area contributed by atoms with Gasteiger partial charge >= 0.3 is 5.97 Å². The van der Waals surface area contributed by atoms with Crippen molar-refractivity contribution in [3.63, 3.8) is 0 Å². The predicted octanol–water partition coefficient (Wildman–Crippen LogP) is -4.56. The number of hydrogen-bond donors (Lipinski definition) is 17. The molecule has 522 valence electrons. The number of rotatable bonds is 18. The Morgan fingerprint density at radius 2 is 1.33 bits per heavy atom. The van der Waals surface area contributed by atoms with E-state index in [1.807, 2.05) is 0 Å². The van der Waals surface area contributed by atoms with Crippen molar-refractivity contribution in [2.45, 2.75) is 158 Å². The topological polar surface area (TPSA) is 502 Å². The summed E-state index contributed by atoms with van der Waals surface area (Å²) in [5.41, 5.74) is 6.59. The third-order valence-corrected chi connectivity index (χ3v) is 20.3. The number of aliphatic hydroxyl groups excluding tert-OH is 1. The number of unbranched alkanes of at least 4 members (excludes halogenated alkanes) is 1. The number of aromatic nitrogens is 2. The van der Waals surface area contributed by atoms with Crippen LogP contribution in [0.1, 0.15) is 83.9 Å². The molecule has 2 bridgehead atoms. The molecule has 1 aromatic heterocycles. The van der Waals surface area contributed by atoms with Gasteiger partial charge in [0.05, 0.1) is 25.5 Å². The van der Waals surface area contributed by atoms with E-state index in [-0.39, 0.29) is 87.1 Å². The van der Waals surface area contributed by atoms with Crippen LogP contribution in [-0.4, -0.2) is 235 Å². The summed E-state index contributed by atoms with van der Waals surface area (Å²) in [6.45, 7) is 5.24. The number of benzene rings is 1. The van der Waals surface area contributed by atoms with Gasteiger partial charge in [0.25, 0.3) is 0 Å². The third-order valence-electron chi connectivity index (χ3n) is 15.5. The molecule has 95 heavy (non-hydrogen) atoms. The summed E-state index contributed by atoms with van der Waals surface area (Å²) in [5, 5.41) is 62.6. The largest absolute Gasteiger partial charge is 0.508 e. The van der Waals surface area contributed by atoms with E-state index in [0.29, 0.717) is 24.1 Å². The average Bonchev–Trinajstić information content (AvgIpc) is 1.73. The summed E-state index contributed by atoms with van der Waals surface area (Å²) in [5.74, 6) is -15.4. The Morgan fingerprint density at radius 3 is 1.97 bits per heavy atom. The summed E-state index contributed by atoms with van der Waals surface area (Å²) in [6, 6.07) is -10.5. The van der Waals surface area contributed by atoms with Crippen molar-refractivity contribution >= 4 is 126 Å². The van der Waals surface area contributed by atoms with Crippen LogP contribution in [-0.2, 0) is 80.0 Å². The number of carboxylic acids is 1. The Hall–Kier alpha value is -7.87. The highest BCUT2D eigenvalue weighted by Gasteiger charge is 2.45. The molecule has 33 nitrogen and oxygen atoms in total. The normalized spacial score (nSPS) is 26.4. The van der Waals surface area contributed by atoms with Crippen LogP contribution >= 0.6 is 43.2 Å². The van der Waals surface area contributed by atoms with Gasteiger partial charge in [-0.05, 0) is 74.6 Å². The number of carbonyl (C=O) groups is 14. The molecule has 4 aliphatic heterocycles. The van der Waals surface area contributed by atoms with Gasteiger partial charge in [0.2, 0.25) is 76.8 Å². The number of phenols is 1. The zero-order valence-corrected chi connectivity index (χ0v) is 56.0. The number of aliphatic hydroxyl groups is 1.